The quantitative estimate of drug-likeness (QED) is 0.415. The average molecular weight is 525 g/mol. The predicted octanol–water partition coefficient (Wildman–Crippen LogP) is 4.60. The lowest BCUT2D eigenvalue weighted by Gasteiger charge is -2.34. The fourth-order valence-electron chi connectivity index (χ4n) is 4.58. The van der Waals surface area contributed by atoms with E-state index in [1.807, 2.05) is 31.3 Å². The minimum Gasteiger partial charge on any atom is -0.494 e. The summed E-state index contributed by atoms with van der Waals surface area (Å²) in [5.41, 5.74) is 3.76. The van der Waals surface area contributed by atoms with Crippen LogP contribution >= 0.6 is 24.0 Å². The Labute approximate surface area is 213 Å². The van der Waals surface area contributed by atoms with Gasteiger partial charge in [0.2, 0.25) is 0 Å². The number of halogens is 2. The van der Waals surface area contributed by atoms with Crippen molar-refractivity contribution >= 4 is 33.8 Å². The summed E-state index contributed by atoms with van der Waals surface area (Å²) in [6, 6.07) is 14.6. The smallest absolute Gasteiger partial charge is 0.181 e. The number of likely N-dealkylation sites (N-methyl/N-ethyl adjacent to an activating group) is 1. The monoisotopic (exact) mass is 523 g/mol. The summed E-state index contributed by atoms with van der Waals surface area (Å²) in [6.45, 7) is 0.336. The van der Waals surface area contributed by atoms with E-state index in [-0.39, 0.29) is 29.0 Å². The number of hydrogen-bond acceptors (Lipinski definition) is 5. The third-order valence-corrected chi connectivity index (χ3v) is 8.49. The fraction of sp³-hybridized carbons (Fsp3) is 0.400. The largest absolute Gasteiger partial charge is 0.494 e. The van der Waals surface area contributed by atoms with Gasteiger partial charge in [0, 0.05) is 30.2 Å². The van der Waals surface area contributed by atoms with E-state index in [1.165, 1.54) is 28.2 Å². The van der Waals surface area contributed by atoms with Gasteiger partial charge in [-0.1, -0.05) is 35.9 Å². The van der Waals surface area contributed by atoms with E-state index >= 15 is 0 Å². The molecule has 0 saturated carbocycles. The van der Waals surface area contributed by atoms with Crippen molar-refractivity contribution in [2.24, 2.45) is 7.05 Å². The summed E-state index contributed by atoms with van der Waals surface area (Å²) in [4.78, 5) is 0.249. The molecule has 2 atom stereocenters. The maximum Gasteiger partial charge on any atom is 0.181 e. The molecule has 2 aromatic carbocycles. The lowest BCUT2D eigenvalue weighted by Crippen LogP contribution is -2.37. The van der Waals surface area contributed by atoms with Crippen molar-refractivity contribution in [3.05, 3.63) is 76.6 Å². The SMILES string of the molecule is CNC1CCc2ccc(OCCCS(=O)(=O)c3cnn(C)c3)cc2C1Cc1ccccc1Cl.Cl. The van der Waals surface area contributed by atoms with Crippen molar-refractivity contribution in [3.8, 4) is 5.75 Å². The lowest BCUT2D eigenvalue weighted by atomic mass is 9.76. The Balaban J connectivity index is 0.00000324. The second-order valence-corrected chi connectivity index (χ2v) is 11.1. The van der Waals surface area contributed by atoms with Crippen LogP contribution in [0.4, 0.5) is 0 Å². The molecule has 1 aliphatic rings. The molecule has 0 amide bonds. The molecule has 0 fully saturated rings. The highest BCUT2D eigenvalue weighted by Crippen LogP contribution is 2.37. The van der Waals surface area contributed by atoms with Crippen LogP contribution in [0.3, 0.4) is 0 Å². The van der Waals surface area contributed by atoms with E-state index < -0.39 is 9.84 Å². The summed E-state index contributed by atoms with van der Waals surface area (Å²) in [5.74, 6) is 1.09. The van der Waals surface area contributed by atoms with Gasteiger partial charge in [0.25, 0.3) is 0 Å². The van der Waals surface area contributed by atoms with Gasteiger partial charge in [0.05, 0.1) is 18.6 Å². The van der Waals surface area contributed by atoms with E-state index in [4.69, 9.17) is 16.3 Å². The van der Waals surface area contributed by atoms with E-state index in [1.54, 1.807) is 7.05 Å². The Bertz CT molecular complexity index is 1210. The molecule has 1 N–H and O–H groups in total. The zero-order chi connectivity index (χ0) is 23.4. The molecule has 0 saturated heterocycles. The molecule has 4 rings (SSSR count). The molecule has 0 radical (unpaired) electrons. The lowest BCUT2D eigenvalue weighted by molar-refractivity contribution is 0.315. The van der Waals surface area contributed by atoms with Gasteiger partial charge in [0.15, 0.2) is 9.84 Å². The Morgan fingerprint density at radius 2 is 2.03 bits per heavy atom. The summed E-state index contributed by atoms with van der Waals surface area (Å²) in [5, 5.41) is 8.22. The van der Waals surface area contributed by atoms with Gasteiger partial charge in [-0.25, -0.2) is 8.42 Å². The van der Waals surface area contributed by atoms with Crippen LogP contribution in [-0.2, 0) is 29.7 Å². The number of sulfone groups is 1. The number of aryl methyl sites for hydroxylation is 2. The average Bonchev–Trinajstić information content (AvgIpc) is 3.26. The molecular formula is C25H31Cl2N3O3S. The molecule has 6 nitrogen and oxygen atoms in total. The van der Waals surface area contributed by atoms with Gasteiger partial charge in [-0.15, -0.1) is 12.4 Å². The molecular weight excluding hydrogens is 493 g/mol. The summed E-state index contributed by atoms with van der Waals surface area (Å²) < 4.78 is 32.3. The van der Waals surface area contributed by atoms with Gasteiger partial charge in [-0.2, -0.15) is 5.10 Å². The summed E-state index contributed by atoms with van der Waals surface area (Å²) in [7, 11) is 0.366. The van der Waals surface area contributed by atoms with Gasteiger partial charge in [-0.3, -0.25) is 4.68 Å². The minimum atomic E-state index is -3.35. The van der Waals surface area contributed by atoms with Crippen LogP contribution in [0.1, 0.15) is 35.4 Å². The van der Waals surface area contributed by atoms with Crippen LogP contribution in [0.15, 0.2) is 59.8 Å². The highest BCUT2D eigenvalue weighted by molar-refractivity contribution is 7.91. The molecule has 0 spiro atoms. The van der Waals surface area contributed by atoms with Crippen molar-refractivity contribution in [3.63, 3.8) is 0 Å². The number of fused-ring (bicyclic) bond motifs is 1. The predicted molar refractivity (Wildman–Crippen MR) is 138 cm³/mol. The van der Waals surface area contributed by atoms with Crippen LogP contribution in [0.5, 0.6) is 5.75 Å². The standard InChI is InChI=1S/C25H30ClN3O3S.ClH/c1-27-25-11-9-18-8-10-20(15-22(18)23(25)14-19-6-3-4-7-24(19)26)32-12-5-13-33(30,31)21-16-28-29(2)17-21;/h3-4,6-8,10,15-17,23,25,27H,5,9,11-14H2,1-2H3;1H. The Morgan fingerprint density at radius 3 is 2.74 bits per heavy atom. The third-order valence-electron chi connectivity index (χ3n) is 6.36. The van der Waals surface area contributed by atoms with E-state index in [2.05, 4.69) is 28.6 Å². The molecule has 1 heterocycles. The highest BCUT2D eigenvalue weighted by Gasteiger charge is 2.29. The number of benzene rings is 2. The van der Waals surface area contributed by atoms with Gasteiger partial charge in [-0.05, 0) is 67.6 Å². The van der Waals surface area contributed by atoms with Crippen LogP contribution in [0.2, 0.25) is 5.02 Å². The second kappa shape index (κ2) is 11.6. The van der Waals surface area contributed by atoms with Crippen molar-refractivity contribution < 1.29 is 13.2 Å². The van der Waals surface area contributed by atoms with Crippen LogP contribution < -0.4 is 10.1 Å². The highest BCUT2D eigenvalue weighted by atomic mass is 35.5. The molecule has 2 unspecified atom stereocenters. The first-order valence-corrected chi connectivity index (χ1v) is 13.3. The van der Waals surface area contributed by atoms with Crippen molar-refractivity contribution in [2.45, 2.75) is 42.5 Å². The Hall–Kier alpha value is -2.06. The number of rotatable bonds is 9. The number of hydrogen-bond donors (Lipinski definition) is 1. The number of aromatic nitrogens is 2. The van der Waals surface area contributed by atoms with Gasteiger partial charge < -0.3 is 10.1 Å². The zero-order valence-electron chi connectivity index (χ0n) is 19.4. The maximum absolute atomic E-state index is 12.4. The maximum atomic E-state index is 12.4. The molecule has 34 heavy (non-hydrogen) atoms. The normalized spacial score (nSPS) is 17.6. The molecule has 184 valence electrons. The van der Waals surface area contributed by atoms with Crippen molar-refractivity contribution in [1.82, 2.24) is 15.1 Å². The van der Waals surface area contributed by atoms with E-state index in [0.717, 1.165) is 35.6 Å². The summed E-state index contributed by atoms with van der Waals surface area (Å²) in [6.07, 6.45) is 6.27. The Morgan fingerprint density at radius 1 is 1.24 bits per heavy atom. The number of nitrogens with zero attached hydrogens (tertiary/aromatic N) is 2. The molecule has 0 bridgehead atoms. The van der Waals surface area contributed by atoms with Crippen molar-refractivity contribution in [2.75, 3.05) is 19.4 Å². The van der Waals surface area contributed by atoms with Gasteiger partial charge in [0.1, 0.15) is 10.6 Å². The topological polar surface area (TPSA) is 73.2 Å². The molecule has 0 aliphatic heterocycles. The van der Waals surface area contributed by atoms with Crippen LogP contribution in [-0.4, -0.2) is 43.6 Å². The number of nitrogens with one attached hydrogen (secondary N) is 1. The zero-order valence-corrected chi connectivity index (χ0v) is 21.8. The van der Waals surface area contributed by atoms with E-state index in [0.29, 0.717) is 19.1 Å². The van der Waals surface area contributed by atoms with Crippen LogP contribution in [0.25, 0.3) is 0 Å². The third kappa shape index (κ3) is 6.13. The molecule has 3 aromatic rings. The summed E-state index contributed by atoms with van der Waals surface area (Å²) >= 11 is 6.46. The van der Waals surface area contributed by atoms with Crippen molar-refractivity contribution in [1.29, 1.82) is 0 Å². The molecule has 1 aliphatic carbocycles. The van der Waals surface area contributed by atoms with E-state index in [9.17, 15) is 8.42 Å². The Kier molecular flexibility index (Phi) is 9.04. The minimum absolute atomic E-state index is 0. The molecule has 1 aromatic heterocycles. The van der Waals surface area contributed by atoms with Gasteiger partial charge >= 0.3 is 0 Å². The molecule has 9 heteroatoms. The first kappa shape index (κ1) is 26.5. The second-order valence-electron chi connectivity index (χ2n) is 8.57. The first-order valence-electron chi connectivity index (χ1n) is 11.2. The van der Waals surface area contributed by atoms with Crippen LogP contribution in [0, 0.1) is 0 Å². The fourth-order valence-corrected chi connectivity index (χ4v) is 6.05. The number of ether oxygens (including phenoxy) is 1. The first-order chi connectivity index (χ1) is 15.9.